The van der Waals surface area contributed by atoms with Crippen molar-refractivity contribution in [1.29, 1.82) is 0 Å². The molecule has 0 saturated heterocycles. The topological polar surface area (TPSA) is 40.5 Å². The van der Waals surface area contributed by atoms with Crippen molar-refractivity contribution in [3.63, 3.8) is 0 Å². The Labute approximate surface area is 123 Å². The first-order chi connectivity index (χ1) is 10.2. The van der Waals surface area contributed by atoms with E-state index in [1.807, 2.05) is 42.5 Å². The zero-order valence-corrected chi connectivity index (χ0v) is 11.7. The highest BCUT2D eigenvalue weighted by molar-refractivity contribution is 6.13. The van der Waals surface area contributed by atoms with Crippen LogP contribution in [0.25, 0.3) is 10.8 Å². The van der Waals surface area contributed by atoms with Gasteiger partial charge in [0.05, 0.1) is 0 Å². The Kier molecular flexibility index (Phi) is 3.32. The molecule has 0 bridgehead atoms. The number of hydrogen-bond donors (Lipinski definition) is 1. The second kappa shape index (κ2) is 5.29. The van der Waals surface area contributed by atoms with Gasteiger partial charge >= 0.3 is 0 Å². The van der Waals surface area contributed by atoms with Crippen LogP contribution in [-0.4, -0.2) is 18.1 Å². The molecule has 3 nitrogen and oxygen atoms in total. The van der Waals surface area contributed by atoms with Gasteiger partial charge in [-0.2, -0.15) is 0 Å². The van der Waals surface area contributed by atoms with E-state index < -0.39 is 0 Å². The maximum atomic E-state index is 12.7. The molecule has 0 unspecified atom stereocenters. The Morgan fingerprint density at radius 1 is 0.952 bits per heavy atom. The summed E-state index contributed by atoms with van der Waals surface area (Å²) in [7, 11) is 1.71. The number of carbonyl (C=O) groups excluding carboxylic acids is 1. The molecule has 21 heavy (non-hydrogen) atoms. The summed E-state index contributed by atoms with van der Waals surface area (Å²) in [6.45, 7) is 0. The number of aromatic hydroxyl groups is 1. The van der Waals surface area contributed by atoms with Gasteiger partial charge in [0.15, 0.2) is 0 Å². The molecule has 0 fully saturated rings. The Bertz CT molecular complexity index is 806. The van der Waals surface area contributed by atoms with Gasteiger partial charge < -0.3 is 10.0 Å². The number of phenolic OH excluding ortho intramolecular Hbond substituents is 1. The number of nitrogens with zero attached hydrogens (tertiary/aromatic N) is 1. The second-order valence-corrected chi connectivity index (χ2v) is 4.91. The van der Waals surface area contributed by atoms with E-state index in [2.05, 4.69) is 0 Å². The van der Waals surface area contributed by atoms with Gasteiger partial charge in [0.1, 0.15) is 5.75 Å². The van der Waals surface area contributed by atoms with E-state index in [4.69, 9.17) is 0 Å². The lowest BCUT2D eigenvalue weighted by Gasteiger charge is -2.18. The predicted octanol–water partition coefficient (Wildman–Crippen LogP) is 3.82. The second-order valence-electron chi connectivity index (χ2n) is 4.91. The van der Waals surface area contributed by atoms with Gasteiger partial charge in [0.25, 0.3) is 5.91 Å². The fraction of sp³-hybridized carbons (Fsp3) is 0.0556. The fourth-order valence-corrected chi connectivity index (χ4v) is 2.41. The zero-order chi connectivity index (χ0) is 14.8. The van der Waals surface area contributed by atoms with Crippen molar-refractivity contribution in [2.75, 3.05) is 11.9 Å². The highest BCUT2D eigenvalue weighted by atomic mass is 16.3. The van der Waals surface area contributed by atoms with Crippen molar-refractivity contribution in [3.8, 4) is 5.75 Å². The van der Waals surface area contributed by atoms with Crippen LogP contribution in [0, 0.1) is 0 Å². The van der Waals surface area contributed by atoms with Gasteiger partial charge in [-0.25, -0.2) is 0 Å². The third kappa shape index (κ3) is 2.46. The maximum absolute atomic E-state index is 12.7. The Morgan fingerprint density at radius 3 is 2.48 bits per heavy atom. The van der Waals surface area contributed by atoms with E-state index >= 15 is 0 Å². The third-order valence-corrected chi connectivity index (χ3v) is 3.54. The van der Waals surface area contributed by atoms with Crippen LogP contribution in [0.3, 0.4) is 0 Å². The standard InChI is InChI=1S/C18H15NO2/c1-19(14-8-5-9-15(20)12-14)18(21)17-11-4-7-13-6-2-3-10-16(13)17/h2-12,20H,1H3. The molecular weight excluding hydrogens is 262 g/mol. The zero-order valence-electron chi connectivity index (χ0n) is 11.7. The summed E-state index contributed by atoms with van der Waals surface area (Å²) in [5.74, 6) is 0.0440. The van der Waals surface area contributed by atoms with E-state index in [-0.39, 0.29) is 11.7 Å². The van der Waals surface area contributed by atoms with Crippen molar-refractivity contribution < 1.29 is 9.90 Å². The minimum atomic E-state index is -0.0996. The molecule has 0 aliphatic heterocycles. The van der Waals surface area contributed by atoms with Crippen LogP contribution in [0.1, 0.15) is 10.4 Å². The lowest BCUT2D eigenvalue weighted by molar-refractivity contribution is 0.0994. The Morgan fingerprint density at radius 2 is 1.67 bits per heavy atom. The number of rotatable bonds is 2. The van der Waals surface area contributed by atoms with Crippen LogP contribution in [0.4, 0.5) is 5.69 Å². The molecule has 3 rings (SSSR count). The van der Waals surface area contributed by atoms with Gasteiger partial charge in [-0.15, -0.1) is 0 Å². The minimum absolute atomic E-state index is 0.0996. The summed E-state index contributed by atoms with van der Waals surface area (Å²) in [5.41, 5.74) is 1.31. The molecule has 0 aliphatic carbocycles. The van der Waals surface area contributed by atoms with Gasteiger partial charge in [-0.1, -0.05) is 42.5 Å². The normalized spacial score (nSPS) is 10.5. The SMILES string of the molecule is CN(C(=O)c1cccc2ccccc12)c1cccc(O)c1. The number of fused-ring (bicyclic) bond motifs is 1. The number of phenols is 1. The van der Waals surface area contributed by atoms with Gasteiger partial charge in [0.2, 0.25) is 0 Å². The smallest absolute Gasteiger partial charge is 0.258 e. The molecule has 0 radical (unpaired) electrons. The molecule has 0 spiro atoms. The van der Waals surface area contributed by atoms with Crippen molar-refractivity contribution in [2.24, 2.45) is 0 Å². The van der Waals surface area contributed by atoms with Crippen molar-refractivity contribution in [3.05, 3.63) is 72.3 Å². The fourth-order valence-electron chi connectivity index (χ4n) is 2.41. The lowest BCUT2D eigenvalue weighted by atomic mass is 10.0. The number of hydrogen-bond acceptors (Lipinski definition) is 2. The van der Waals surface area contributed by atoms with Crippen LogP contribution in [0.15, 0.2) is 66.7 Å². The number of amides is 1. The van der Waals surface area contributed by atoms with Crippen molar-refractivity contribution in [1.82, 2.24) is 0 Å². The van der Waals surface area contributed by atoms with Gasteiger partial charge in [-0.3, -0.25) is 4.79 Å². The Balaban J connectivity index is 2.04. The summed E-state index contributed by atoms with van der Waals surface area (Å²) < 4.78 is 0. The average Bonchev–Trinajstić information content (AvgIpc) is 2.53. The summed E-state index contributed by atoms with van der Waals surface area (Å²) >= 11 is 0. The lowest BCUT2D eigenvalue weighted by Crippen LogP contribution is -2.26. The monoisotopic (exact) mass is 277 g/mol. The van der Waals surface area contributed by atoms with Gasteiger partial charge in [0, 0.05) is 24.4 Å². The molecule has 0 aromatic heterocycles. The minimum Gasteiger partial charge on any atom is -0.508 e. The molecule has 0 heterocycles. The van der Waals surface area contributed by atoms with E-state index in [1.54, 1.807) is 36.2 Å². The van der Waals surface area contributed by atoms with E-state index in [1.165, 1.54) is 0 Å². The Hall–Kier alpha value is -2.81. The highest BCUT2D eigenvalue weighted by Crippen LogP contribution is 2.24. The first kappa shape index (κ1) is 13.2. The van der Waals surface area contributed by atoms with Crippen LogP contribution in [0.2, 0.25) is 0 Å². The molecule has 1 N–H and O–H groups in total. The third-order valence-electron chi connectivity index (χ3n) is 3.54. The average molecular weight is 277 g/mol. The van der Waals surface area contributed by atoms with Crippen LogP contribution in [0.5, 0.6) is 5.75 Å². The van der Waals surface area contributed by atoms with E-state index in [0.717, 1.165) is 10.8 Å². The molecule has 1 amide bonds. The van der Waals surface area contributed by atoms with E-state index in [0.29, 0.717) is 11.3 Å². The summed E-state index contributed by atoms with van der Waals surface area (Å²) in [6, 6.07) is 20.2. The molecule has 104 valence electrons. The predicted molar refractivity (Wildman–Crippen MR) is 84.8 cm³/mol. The van der Waals surface area contributed by atoms with Crippen molar-refractivity contribution >= 4 is 22.4 Å². The highest BCUT2D eigenvalue weighted by Gasteiger charge is 2.16. The van der Waals surface area contributed by atoms with Crippen LogP contribution in [-0.2, 0) is 0 Å². The van der Waals surface area contributed by atoms with Gasteiger partial charge in [-0.05, 0) is 29.0 Å². The molecule has 0 atom stereocenters. The summed E-state index contributed by atoms with van der Waals surface area (Å²) in [5, 5.41) is 11.5. The summed E-state index contributed by atoms with van der Waals surface area (Å²) in [6.07, 6.45) is 0. The number of anilines is 1. The molecule has 3 aromatic carbocycles. The van der Waals surface area contributed by atoms with Crippen LogP contribution < -0.4 is 4.90 Å². The number of benzene rings is 3. The molecule has 3 aromatic rings. The van der Waals surface area contributed by atoms with Crippen LogP contribution >= 0.6 is 0 Å². The quantitative estimate of drug-likeness (QED) is 0.773. The molecule has 3 heteroatoms. The largest absolute Gasteiger partial charge is 0.508 e. The molecule has 0 aliphatic rings. The summed E-state index contributed by atoms with van der Waals surface area (Å²) in [4.78, 5) is 14.3. The number of carbonyl (C=O) groups is 1. The molecular formula is C18H15NO2. The van der Waals surface area contributed by atoms with E-state index in [9.17, 15) is 9.90 Å². The molecule has 0 saturated carbocycles. The van der Waals surface area contributed by atoms with Crippen molar-refractivity contribution in [2.45, 2.75) is 0 Å². The first-order valence-electron chi connectivity index (χ1n) is 6.71. The maximum Gasteiger partial charge on any atom is 0.258 e. The first-order valence-corrected chi connectivity index (χ1v) is 6.71.